The molecule has 1 aliphatic rings. The molecule has 0 bridgehead atoms. The van der Waals surface area contributed by atoms with Gasteiger partial charge in [-0.15, -0.1) is 0 Å². The molecule has 2 heterocycles. The molecular formula is C19H23N3O5S. The van der Waals surface area contributed by atoms with Crippen molar-refractivity contribution in [3.05, 3.63) is 41.3 Å². The van der Waals surface area contributed by atoms with Crippen LogP contribution >= 0.6 is 0 Å². The number of ether oxygens (including phenoxy) is 1. The fourth-order valence-corrected chi connectivity index (χ4v) is 3.92. The van der Waals surface area contributed by atoms with E-state index in [4.69, 9.17) is 9.26 Å². The summed E-state index contributed by atoms with van der Waals surface area (Å²) in [5.41, 5.74) is 1.87. The van der Waals surface area contributed by atoms with Crippen molar-refractivity contribution in [2.45, 2.75) is 37.7 Å². The van der Waals surface area contributed by atoms with E-state index in [1.54, 1.807) is 31.2 Å². The van der Waals surface area contributed by atoms with Crippen LogP contribution in [-0.2, 0) is 19.6 Å². The van der Waals surface area contributed by atoms with E-state index in [1.165, 1.54) is 19.1 Å². The monoisotopic (exact) mass is 405 g/mol. The molecule has 8 nitrogen and oxygen atoms in total. The third-order valence-electron chi connectivity index (χ3n) is 4.33. The first kappa shape index (κ1) is 20.2. The smallest absolute Gasteiger partial charge is 0.240 e. The lowest BCUT2D eigenvalue weighted by Gasteiger charge is -2.11. The molecule has 9 heteroatoms. The van der Waals surface area contributed by atoms with Gasteiger partial charge in [0.15, 0.2) is 5.76 Å². The number of carbonyl (C=O) groups is 1. The molecule has 2 N–H and O–H groups in total. The van der Waals surface area contributed by atoms with Crippen LogP contribution in [0.5, 0.6) is 0 Å². The largest absolute Gasteiger partial charge is 0.377 e. The second-order valence-corrected chi connectivity index (χ2v) is 8.34. The minimum Gasteiger partial charge on any atom is -0.377 e. The van der Waals surface area contributed by atoms with Crippen molar-refractivity contribution in [3.8, 4) is 0 Å². The van der Waals surface area contributed by atoms with Gasteiger partial charge in [-0.05, 0) is 43.5 Å². The van der Waals surface area contributed by atoms with Gasteiger partial charge in [0.2, 0.25) is 15.9 Å². The van der Waals surface area contributed by atoms with Crippen LogP contribution in [0.2, 0.25) is 0 Å². The van der Waals surface area contributed by atoms with Gasteiger partial charge in [-0.2, -0.15) is 0 Å². The Bertz CT molecular complexity index is 958. The lowest BCUT2D eigenvalue weighted by atomic mass is 10.2. The molecule has 1 aromatic heterocycles. The molecule has 28 heavy (non-hydrogen) atoms. The highest BCUT2D eigenvalue weighted by Gasteiger charge is 2.20. The Kier molecular flexibility index (Phi) is 6.28. The number of rotatable bonds is 7. The van der Waals surface area contributed by atoms with Crippen molar-refractivity contribution in [3.63, 3.8) is 0 Å². The highest BCUT2D eigenvalue weighted by molar-refractivity contribution is 7.89. The summed E-state index contributed by atoms with van der Waals surface area (Å²) in [5, 5.41) is 6.52. The fraction of sp³-hybridized carbons (Fsp3) is 0.368. The molecule has 2 aromatic rings. The van der Waals surface area contributed by atoms with E-state index >= 15 is 0 Å². The molecule has 1 aromatic carbocycles. The summed E-state index contributed by atoms with van der Waals surface area (Å²) in [5.74, 6) is 0.202. The van der Waals surface area contributed by atoms with Gasteiger partial charge in [0.1, 0.15) is 11.4 Å². The number of anilines is 1. The van der Waals surface area contributed by atoms with Gasteiger partial charge in [-0.1, -0.05) is 23.4 Å². The number of aryl methyl sites for hydroxylation is 1. The highest BCUT2D eigenvalue weighted by atomic mass is 32.2. The lowest BCUT2D eigenvalue weighted by molar-refractivity contribution is -0.114. The fourth-order valence-electron chi connectivity index (χ4n) is 2.85. The molecular weight excluding hydrogens is 382 g/mol. The van der Waals surface area contributed by atoms with Crippen LogP contribution in [0.1, 0.15) is 36.8 Å². The zero-order valence-corrected chi connectivity index (χ0v) is 16.6. The maximum absolute atomic E-state index is 12.4. The van der Waals surface area contributed by atoms with Crippen LogP contribution in [0.25, 0.3) is 12.2 Å². The number of hydrogen-bond acceptors (Lipinski definition) is 6. The van der Waals surface area contributed by atoms with Gasteiger partial charge in [0, 0.05) is 20.1 Å². The highest BCUT2D eigenvalue weighted by Crippen LogP contribution is 2.23. The number of nitrogens with one attached hydrogen (secondary N) is 2. The first-order valence-electron chi connectivity index (χ1n) is 8.98. The standard InChI is InChI=1S/C19H23N3O5S/c1-13-19(21-14(2)23)18(27-22-13)10-7-15-5-8-17(9-6-15)28(24,25)20-12-16-4-3-11-26-16/h5-10,16,20H,3-4,11-12H2,1-2H3,(H,21,23)/b10-7-/t16-/m1/s1. The summed E-state index contributed by atoms with van der Waals surface area (Å²) in [6, 6.07) is 6.46. The predicted molar refractivity (Wildman–Crippen MR) is 105 cm³/mol. The van der Waals surface area contributed by atoms with E-state index in [0.29, 0.717) is 23.7 Å². The van der Waals surface area contributed by atoms with Crippen molar-refractivity contribution in [1.29, 1.82) is 0 Å². The summed E-state index contributed by atoms with van der Waals surface area (Å²) in [6.45, 7) is 4.10. The number of sulfonamides is 1. The van der Waals surface area contributed by atoms with E-state index in [9.17, 15) is 13.2 Å². The van der Waals surface area contributed by atoms with E-state index in [2.05, 4.69) is 15.2 Å². The molecule has 1 atom stereocenters. The van der Waals surface area contributed by atoms with Crippen molar-refractivity contribution in [2.75, 3.05) is 18.5 Å². The van der Waals surface area contributed by atoms with Crippen molar-refractivity contribution < 1.29 is 22.5 Å². The predicted octanol–water partition coefficient (Wildman–Crippen LogP) is 2.57. The molecule has 0 saturated carbocycles. The maximum Gasteiger partial charge on any atom is 0.240 e. The number of amides is 1. The number of carbonyl (C=O) groups excluding carboxylic acids is 1. The quantitative estimate of drug-likeness (QED) is 0.732. The van der Waals surface area contributed by atoms with Gasteiger partial charge >= 0.3 is 0 Å². The molecule has 0 spiro atoms. The normalized spacial score (nSPS) is 17.3. The molecule has 3 rings (SSSR count). The molecule has 1 amide bonds. The Morgan fingerprint density at radius 2 is 2.04 bits per heavy atom. The van der Waals surface area contributed by atoms with E-state index < -0.39 is 10.0 Å². The van der Waals surface area contributed by atoms with Crippen molar-refractivity contribution >= 4 is 33.8 Å². The number of benzene rings is 1. The van der Waals surface area contributed by atoms with Crippen LogP contribution in [0.4, 0.5) is 5.69 Å². The number of hydrogen-bond donors (Lipinski definition) is 2. The van der Waals surface area contributed by atoms with Gasteiger partial charge in [-0.3, -0.25) is 4.79 Å². The average Bonchev–Trinajstić information content (AvgIpc) is 3.29. The molecule has 0 aliphatic carbocycles. The third-order valence-corrected chi connectivity index (χ3v) is 5.77. The Hall–Kier alpha value is -2.49. The molecule has 1 saturated heterocycles. The first-order valence-corrected chi connectivity index (χ1v) is 10.5. The zero-order chi connectivity index (χ0) is 20.1. The SMILES string of the molecule is CC(=O)Nc1c(C)noc1/C=C\c1ccc(S(=O)(=O)NC[C@H]2CCCO2)cc1. The van der Waals surface area contributed by atoms with E-state index in [0.717, 1.165) is 18.4 Å². The van der Waals surface area contributed by atoms with Gasteiger partial charge in [0.25, 0.3) is 0 Å². The molecule has 0 radical (unpaired) electrons. The minimum absolute atomic E-state index is 0.0554. The Labute approximate surface area is 164 Å². The average molecular weight is 405 g/mol. The number of aromatic nitrogens is 1. The van der Waals surface area contributed by atoms with Gasteiger partial charge in [-0.25, -0.2) is 13.1 Å². The van der Waals surface area contributed by atoms with Crippen molar-refractivity contribution in [2.24, 2.45) is 0 Å². The topological polar surface area (TPSA) is 111 Å². The summed E-state index contributed by atoms with van der Waals surface area (Å²) in [7, 11) is -3.58. The third kappa shape index (κ3) is 5.06. The number of nitrogens with zero attached hydrogens (tertiary/aromatic N) is 1. The van der Waals surface area contributed by atoms with E-state index in [-0.39, 0.29) is 23.5 Å². The first-order chi connectivity index (χ1) is 13.3. The van der Waals surface area contributed by atoms with Crippen molar-refractivity contribution in [1.82, 2.24) is 9.88 Å². The summed E-state index contributed by atoms with van der Waals surface area (Å²) < 4.78 is 38.0. The zero-order valence-electron chi connectivity index (χ0n) is 15.8. The lowest BCUT2D eigenvalue weighted by Crippen LogP contribution is -2.31. The second kappa shape index (κ2) is 8.68. The molecule has 1 aliphatic heterocycles. The second-order valence-electron chi connectivity index (χ2n) is 6.58. The summed E-state index contributed by atoms with van der Waals surface area (Å²) in [4.78, 5) is 11.5. The Balaban J connectivity index is 1.67. The van der Waals surface area contributed by atoms with E-state index in [1.807, 2.05) is 0 Å². The molecule has 1 fully saturated rings. The minimum atomic E-state index is -3.58. The molecule has 0 unspecified atom stereocenters. The van der Waals surface area contributed by atoms with Gasteiger partial charge in [0.05, 0.1) is 11.0 Å². The summed E-state index contributed by atoms with van der Waals surface area (Å²) in [6.07, 6.45) is 5.20. The molecule has 150 valence electrons. The summed E-state index contributed by atoms with van der Waals surface area (Å²) >= 11 is 0. The maximum atomic E-state index is 12.4. The van der Waals surface area contributed by atoms with Crippen LogP contribution in [-0.4, -0.2) is 38.7 Å². The Morgan fingerprint density at radius 3 is 2.68 bits per heavy atom. The Morgan fingerprint density at radius 1 is 1.29 bits per heavy atom. The van der Waals surface area contributed by atoms with Crippen LogP contribution in [0, 0.1) is 6.92 Å². The van der Waals surface area contributed by atoms with Crippen LogP contribution in [0.3, 0.4) is 0 Å². The van der Waals surface area contributed by atoms with Crippen LogP contribution in [0.15, 0.2) is 33.7 Å². The van der Waals surface area contributed by atoms with Gasteiger partial charge < -0.3 is 14.6 Å². The van der Waals surface area contributed by atoms with Crippen LogP contribution < -0.4 is 10.0 Å².